The van der Waals surface area contributed by atoms with E-state index < -0.39 is 12.0 Å². The SMILES string of the molecule is CN1C[C@@H](c2ccccc2)OC(=O)CCC=CC[C@@H](CC(=O)NCC2CCOCC2)C1=O. The predicted octanol–water partition coefficient (Wildman–Crippen LogP) is 3.02. The predicted molar refractivity (Wildman–Crippen MR) is 121 cm³/mol. The van der Waals surface area contributed by atoms with Crippen molar-refractivity contribution in [3.8, 4) is 0 Å². The van der Waals surface area contributed by atoms with Crippen LogP contribution in [0.2, 0.25) is 0 Å². The fourth-order valence-corrected chi connectivity index (χ4v) is 4.10. The zero-order chi connectivity index (χ0) is 22.8. The van der Waals surface area contributed by atoms with Crippen molar-refractivity contribution >= 4 is 17.8 Å². The molecular formula is C25H34N2O5. The summed E-state index contributed by atoms with van der Waals surface area (Å²) < 4.78 is 11.1. The van der Waals surface area contributed by atoms with Gasteiger partial charge in [0.25, 0.3) is 0 Å². The van der Waals surface area contributed by atoms with E-state index >= 15 is 0 Å². The first kappa shape index (κ1) is 24.0. The second-order valence-corrected chi connectivity index (χ2v) is 8.61. The summed E-state index contributed by atoms with van der Waals surface area (Å²) in [6, 6.07) is 9.45. The molecule has 2 aliphatic rings. The minimum Gasteiger partial charge on any atom is -0.456 e. The van der Waals surface area contributed by atoms with Crippen molar-refractivity contribution in [3.63, 3.8) is 0 Å². The zero-order valence-corrected chi connectivity index (χ0v) is 18.8. The molecule has 7 nitrogen and oxygen atoms in total. The first-order chi connectivity index (χ1) is 15.5. The van der Waals surface area contributed by atoms with E-state index in [0.29, 0.717) is 25.3 Å². The van der Waals surface area contributed by atoms with Gasteiger partial charge in [0.2, 0.25) is 11.8 Å². The third-order valence-electron chi connectivity index (χ3n) is 6.07. The van der Waals surface area contributed by atoms with Gasteiger partial charge in [0.15, 0.2) is 0 Å². The highest BCUT2D eigenvalue weighted by Crippen LogP contribution is 2.23. The number of carbonyl (C=O) groups is 3. The molecular weight excluding hydrogens is 408 g/mol. The minimum atomic E-state index is -0.538. The van der Waals surface area contributed by atoms with Crippen molar-refractivity contribution < 1.29 is 23.9 Å². The molecule has 2 aliphatic heterocycles. The molecule has 2 amide bonds. The van der Waals surface area contributed by atoms with E-state index in [1.165, 1.54) is 0 Å². The van der Waals surface area contributed by atoms with Crippen LogP contribution in [0.15, 0.2) is 42.5 Å². The fourth-order valence-electron chi connectivity index (χ4n) is 4.10. The Balaban J connectivity index is 1.65. The van der Waals surface area contributed by atoms with Crippen LogP contribution in [-0.2, 0) is 23.9 Å². The van der Waals surface area contributed by atoms with E-state index in [1.54, 1.807) is 11.9 Å². The number of likely N-dealkylation sites (N-methyl/N-ethyl adjacent to an activating group) is 1. The molecule has 0 saturated carbocycles. The van der Waals surface area contributed by atoms with E-state index in [9.17, 15) is 14.4 Å². The molecule has 0 spiro atoms. The lowest BCUT2D eigenvalue weighted by molar-refractivity contribution is -0.152. The van der Waals surface area contributed by atoms with Crippen LogP contribution in [-0.4, -0.2) is 56.0 Å². The Hall–Kier alpha value is -2.67. The third-order valence-corrected chi connectivity index (χ3v) is 6.07. The molecule has 7 heteroatoms. The highest BCUT2D eigenvalue weighted by molar-refractivity contribution is 5.86. The van der Waals surface area contributed by atoms with Gasteiger partial charge in [-0.3, -0.25) is 14.4 Å². The van der Waals surface area contributed by atoms with Crippen molar-refractivity contribution in [2.24, 2.45) is 11.8 Å². The van der Waals surface area contributed by atoms with Crippen molar-refractivity contribution in [2.45, 2.75) is 44.6 Å². The normalized spacial score (nSPS) is 23.7. The standard InChI is InChI=1S/C25H34N2O5/c1-27-18-22(20-8-4-2-5-9-20)32-24(29)11-7-3-6-10-21(25(27)30)16-23(28)26-17-19-12-14-31-15-13-19/h2-6,8-9,19,21-22H,7,10-18H2,1H3,(H,26,28)/t21-,22-/m0/s1. The highest BCUT2D eigenvalue weighted by Gasteiger charge is 2.28. The van der Waals surface area contributed by atoms with Crippen molar-refractivity contribution in [3.05, 3.63) is 48.0 Å². The van der Waals surface area contributed by atoms with E-state index in [1.807, 2.05) is 42.5 Å². The van der Waals surface area contributed by atoms with E-state index in [2.05, 4.69) is 5.32 Å². The molecule has 1 N–H and O–H groups in total. The number of hydrogen-bond acceptors (Lipinski definition) is 5. The number of carbonyl (C=O) groups excluding carboxylic acids is 3. The van der Waals surface area contributed by atoms with Gasteiger partial charge in [-0.1, -0.05) is 42.5 Å². The molecule has 2 heterocycles. The third kappa shape index (κ3) is 7.48. The maximum atomic E-state index is 13.2. The van der Waals surface area contributed by atoms with Crippen LogP contribution in [0.5, 0.6) is 0 Å². The molecule has 3 rings (SSSR count). The summed E-state index contributed by atoms with van der Waals surface area (Å²) >= 11 is 0. The summed E-state index contributed by atoms with van der Waals surface area (Å²) in [5.41, 5.74) is 0.846. The van der Waals surface area contributed by atoms with Gasteiger partial charge in [-0.15, -0.1) is 0 Å². The number of esters is 1. The number of ether oxygens (including phenoxy) is 2. The summed E-state index contributed by atoms with van der Waals surface area (Å²) in [5, 5.41) is 3.00. The molecule has 0 aromatic heterocycles. The summed E-state index contributed by atoms with van der Waals surface area (Å²) in [7, 11) is 1.70. The first-order valence-corrected chi connectivity index (χ1v) is 11.5. The lowest BCUT2D eigenvalue weighted by Crippen LogP contribution is -2.40. The lowest BCUT2D eigenvalue weighted by Gasteiger charge is -2.28. The molecule has 174 valence electrons. The Morgan fingerprint density at radius 1 is 1.12 bits per heavy atom. The largest absolute Gasteiger partial charge is 0.456 e. The molecule has 1 saturated heterocycles. The molecule has 1 fully saturated rings. The molecule has 2 atom stereocenters. The summed E-state index contributed by atoms with van der Waals surface area (Å²) in [4.78, 5) is 39.7. The van der Waals surface area contributed by atoms with Crippen LogP contribution in [0.25, 0.3) is 0 Å². The highest BCUT2D eigenvalue weighted by atomic mass is 16.5. The molecule has 1 aromatic carbocycles. The monoisotopic (exact) mass is 442 g/mol. The van der Waals surface area contributed by atoms with Crippen molar-refractivity contribution in [1.82, 2.24) is 10.2 Å². The number of hydrogen-bond donors (Lipinski definition) is 1. The number of rotatable bonds is 5. The average Bonchev–Trinajstić information content (AvgIpc) is 2.81. The molecule has 0 radical (unpaired) electrons. The van der Waals surface area contributed by atoms with E-state index in [-0.39, 0.29) is 37.2 Å². The van der Waals surface area contributed by atoms with Gasteiger partial charge in [-0.25, -0.2) is 0 Å². The smallest absolute Gasteiger partial charge is 0.306 e. The van der Waals surface area contributed by atoms with Crippen LogP contribution in [0.4, 0.5) is 0 Å². The summed E-state index contributed by atoms with van der Waals surface area (Å²) in [6.07, 6.45) is 6.60. The Morgan fingerprint density at radius 2 is 1.88 bits per heavy atom. The van der Waals surface area contributed by atoms with Crippen molar-refractivity contribution in [1.29, 1.82) is 0 Å². The lowest BCUT2D eigenvalue weighted by atomic mass is 9.97. The zero-order valence-electron chi connectivity index (χ0n) is 18.8. The van der Waals surface area contributed by atoms with Gasteiger partial charge in [-0.05, 0) is 37.2 Å². The first-order valence-electron chi connectivity index (χ1n) is 11.5. The Kier molecular flexibility index (Phi) is 9.28. The van der Waals surface area contributed by atoms with E-state index in [4.69, 9.17) is 9.47 Å². The minimum absolute atomic E-state index is 0.102. The van der Waals surface area contributed by atoms with Gasteiger partial charge in [-0.2, -0.15) is 0 Å². The van der Waals surface area contributed by atoms with Gasteiger partial charge < -0.3 is 19.7 Å². The number of nitrogens with zero attached hydrogens (tertiary/aromatic N) is 1. The topological polar surface area (TPSA) is 84.9 Å². The number of benzene rings is 1. The number of cyclic esters (lactones) is 1. The molecule has 0 bridgehead atoms. The second kappa shape index (κ2) is 12.4. The summed E-state index contributed by atoms with van der Waals surface area (Å²) in [5.74, 6) is -0.516. The van der Waals surface area contributed by atoms with Crippen LogP contribution in [0, 0.1) is 11.8 Å². The maximum Gasteiger partial charge on any atom is 0.306 e. The molecule has 1 aromatic rings. The number of amides is 2. The maximum absolute atomic E-state index is 13.2. The average molecular weight is 443 g/mol. The molecule has 0 aliphatic carbocycles. The van der Waals surface area contributed by atoms with Crippen molar-refractivity contribution in [2.75, 3.05) is 33.4 Å². The Labute approximate surface area is 190 Å². The second-order valence-electron chi connectivity index (χ2n) is 8.61. The van der Waals surface area contributed by atoms with Gasteiger partial charge in [0.05, 0.1) is 12.5 Å². The van der Waals surface area contributed by atoms with E-state index in [0.717, 1.165) is 31.6 Å². The van der Waals surface area contributed by atoms with Crippen LogP contribution < -0.4 is 5.32 Å². The van der Waals surface area contributed by atoms with Gasteiger partial charge >= 0.3 is 5.97 Å². The van der Waals surface area contributed by atoms with Gasteiger partial charge in [0.1, 0.15) is 6.10 Å². The van der Waals surface area contributed by atoms with Crippen LogP contribution in [0.1, 0.15) is 50.2 Å². The van der Waals surface area contributed by atoms with Crippen LogP contribution in [0.3, 0.4) is 0 Å². The Bertz CT molecular complexity index is 789. The number of nitrogens with one attached hydrogen (secondary N) is 1. The van der Waals surface area contributed by atoms with Gasteiger partial charge in [0, 0.05) is 39.6 Å². The molecule has 32 heavy (non-hydrogen) atoms. The Morgan fingerprint density at radius 3 is 2.62 bits per heavy atom. The van der Waals surface area contributed by atoms with Crippen LogP contribution >= 0.6 is 0 Å². The number of allylic oxidation sites excluding steroid dienone is 2. The molecule has 0 unspecified atom stereocenters. The fraction of sp³-hybridized carbons (Fsp3) is 0.560. The quantitative estimate of drug-likeness (QED) is 0.560. The summed E-state index contributed by atoms with van der Waals surface area (Å²) in [6.45, 7) is 2.36.